The fourth-order valence-corrected chi connectivity index (χ4v) is 7.13. The molecule has 0 aromatic carbocycles. The molecule has 0 radical (unpaired) electrons. The number of ether oxygens (including phenoxy) is 2. The molecule has 3 amide bonds. The van der Waals surface area contributed by atoms with E-state index in [2.05, 4.69) is 25.7 Å². The Kier molecular flexibility index (Phi) is 9.81. The molecule has 0 saturated heterocycles. The highest BCUT2D eigenvalue weighted by Gasteiger charge is 2.48. The number of carbonyl (C=O) groups excluding carboxylic acids is 4. The number of methoxy groups -OCH3 is 2. The van der Waals surface area contributed by atoms with Crippen LogP contribution in [0.15, 0.2) is 45.9 Å². The predicted molar refractivity (Wildman–Crippen MR) is 158 cm³/mol. The maximum atomic E-state index is 13.3. The van der Waals surface area contributed by atoms with Crippen molar-refractivity contribution in [2.24, 2.45) is 23.7 Å². The first-order valence-corrected chi connectivity index (χ1v) is 15.1. The lowest BCUT2D eigenvalue weighted by Gasteiger charge is -2.54. The minimum Gasteiger partial charge on any atom is -0.467 e. The molecule has 0 unspecified atom stereocenters. The fourth-order valence-electron chi connectivity index (χ4n) is 7.13. The van der Waals surface area contributed by atoms with Gasteiger partial charge in [0.05, 0.1) is 14.2 Å². The number of pyridine rings is 1. The van der Waals surface area contributed by atoms with Gasteiger partial charge in [-0.2, -0.15) is 0 Å². The zero-order valence-corrected chi connectivity index (χ0v) is 25.0. The number of hydrogen-bond acceptors (Lipinski definition) is 9. The third-order valence-corrected chi connectivity index (χ3v) is 8.99. The molecule has 4 bridgehead atoms. The van der Waals surface area contributed by atoms with Gasteiger partial charge >= 0.3 is 17.8 Å². The van der Waals surface area contributed by atoms with E-state index in [0.29, 0.717) is 11.8 Å². The molecule has 236 valence electrons. The second kappa shape index (κ2) is 13.9. The number of hydrogen-bond donors (Lipinski definition) is 3. The van der Waals surface area contributed by atoms with Crippen molar-refractivity contribution >= 4 is 29.4 Å². The van der Waals surface area contributed by atoms with Crippen LogP contribution in [0.4, 0.5) is 5.69 Å². The second-order valence-electron chi connectivity index (χ2n) is 11.9. The number of allylic oxidation sites excluding steroid dienone is 1. The van der Waals surface area contributed by atoms with Crippen molar-refractivity contribution in [2.45, 2.75) is 70.0 Å². The minimum absolute atomic E-state index is 0.00101. The molecular weight excluding hydrogens is 570 g/mol. The first kappa shape index (κ1) is 31.0. The SMILES string of the molecule is COC(=O)/C=C/CC[C@H](NC(=O)c1ncc(OC)o1)C(=O)Nc1cccn(CCC(=O)NC2C3CC4CC(C3)CC2C4)c1=O. The molecule has 2 aromatic rings. The van der Waals surface area contributed by atoms with Crippen molar-refractivity contribution in [3.8, 4) is 5.95 Å². The van der Waals surface area contributed by atoms with Gasteiger partial charge in [-0.15, -0.1) is 0 Å². The number of aromatic nitrogens is 2. The molecule has 13 nitrogen and oxygen atoms in total. The lowest BCUT2D eigenvalue weighted by atomic mass is 9.54. The number of oxazole rings is 1. The number of aryl methyl sites for hydroxylation is 1. The fraction of sp³-hybridized carbons (Fsp3) is 0.548. The Labute approximate surface area is 254 Å². The van der Waals surface area contributed by atoms with E-state index in [1.54, 1.807) is 12.3 Å². The van der Waals surface area contributed by atoms with Crippen LogP contribution in [0.2, 0.25) is 0 Å². The first-order valence-electron chi connectivity index (χ1n) is 15.1. The Morgan fingerprint density at radius 2 is 1.84 bits per heavy atom. The average Bonchev–Trinajstić information content (AvgIpc) is 3.50. The van der Waals surface area contributed by atoms with Crippen LogP contribution in [0.25, 0.3) is 0 Å². The number of anilines is 1. The van der Waals surface area contributed by atoms with Gasteiger partial charge in [0, 0.05) is 31.3 Å². The molecule has 4 aliphatic carbocycles. The summed E-state index contributed by atoms with van der Waals surface area (Å²) in [6.07, 6.45) is 12.1. The molecule has 4 aliphatic rings. The van der Waals surface area contributed by atoms with Gasteiger partial charge in [0.15, 0.2) is 0 Å². The first-order chi connectivity index (χ1) is 21.2. The second-order valence-corrected chi connectivity index (χ2v) is 11.9. The van der Waals surface area contributed by atoms with Gasteiger partial charge in [0.2, 0.25) is 11.8 Å². The lowest BCUT2D eigenvalue weighted by Crippen LogP contribution is -2.55. The molecule has 0 spiro atoms. The summed E-state index contributed by atoms with van der Waals surface area (Å²) in [4.78, 5) is 67.3. The zero-order chi connectivity index (χ0) is 31.2. The summed E-state index contributed by atoms with van der Waals surface area (Å²) >= 11 is 0. The number of amides is 3. The summed E-state index contributed by atoms with van der Waals surface area (Å²) in [5.41, 5.74) is -0.475. The molecular formula is C31H39N5O8. The zero-order valence-electron chi connectivity index (χ0n) is 25.0. The van der Waals surface area contributed by atoms with Gasteiger partial charge in [-0.05, 0) is 80.8 Å². The van der Waals surface area contributed by atoms with E-state index in [4.69, 9.17) is 9.15 Å². The van der Waals surface area contributed by atoms with E-state index in [1.165, 1.54) is 75.3 Å². The predicted octanol–water partition coefficient (Wildman–Crippen LogP) is 2.42. The van der Waals surface area contributed by atoms with Crippen LogP contribution in [-0.4, -0.2) is 59.5 Å². The number of nitrogens with one attached hydrogen (secondary N) is 3. The van der Waals surface area contributed by atoms with Crippen LogP contribution < -0.4 is 26.2 Å². The molecule has 2 aromatic heterocycles. The Hall–Kier alpha value is -4.42. The summed E-state index contributed by atoms with van der Waals surface area (Å²) < 4.78 is 16.0. The van der Waals surface area contributed by atoms with Gasteiger partial charge in [-0.25, -0.2) is 9.78 Å². The molecule has 4 saturated carbocycles. The van der Waals surface area contributed by atoms with E-state index in [1.807, 2.05) is 0 Å². The van der Waals surface area contributed by atoms with Crippen LogP contribution in [0.1, 0.15) is 62.1 Å². The standard InChI is InChI=1S/C31H39N5O8/c1-42-25(38)8-4-3-6-22(33-29(40)30-32-17-26(43-2)44-30)28(39)34-23-7-5-10-36(31(23)41)11-9-24(37)35-27-20-13-18-12-19(15-20)16-21(27)14-18/h4-5,7-8,10,17-22,27H,3,6,9,11-16H2,1-2H3,(H,33,40)(H,34,39)(H,35,37)/b8-4+/t18?,19?,20?,21?,22-,27?/m0/s1. The normalized spacial score (nSPS) is 24.1. The van der Waals surface area contributed by atoms with Crippen molar-refractivity contribution in [1.29, 1.82) is 0 Å². The number of nitrogens with zero attached hydrogens (tertiary/aromatic N) is 2. The largest absolute Gasteiger partial charge is 0.467 e. The number of rotatable bonds is 13. The third-order valence-electron chi connectivity index (χ3n) is 8.99. The van der Waals surface area contributed by atoms with Crippen LogP contribution >= 0.6 is 0 Å². The number of esters is 1. The molecule has 1 atom stereocenters. The van der Waals surface area contributed by atoms with E-state index in [0.717, 1.165) is 11.8 Å². The van der Waals surface area contributed by atoms with E-state index < -0.39 is 29.4 Å². The van der Waals surface area contributed by atoms with Gasteiger partial charge in [0.25, 0.3) is 11.4 Å². The summed E-state index contributed by atoms with van der Waals surface area (Å²) in [5.74, 6) is 0.422. The highest BCUT2D eigenvalue weighted by Crippen LogP contribution is 2.53. The average molecular weight is 610 g/mol. The lowest BCUT2D eigenvalue weighted by molar-refractivity contribution is -0.134. The molecule has 0 aliphatic heterocycles. The highest BCUT2D eigenvalue weighted by molar-refractivity contribution is 5.99. The van der Waals surface area contributed by atoms with Crippen LogP contribution in [0, 0.1) is 23.7 Å². The molecule has 44 heavy (non-hydrogen) atoms. The minimum atomic E-state index is -1.11. The van der Waals surface area contributed by atoms with Gasteiger partial charge < -0.3 is 34.4 Å². The van der Waals surface area contributed by atoms with Gasteiger partial charge in [0.1, 0.15) is 17.9 Å². The Balaban J connectivity index is 1.19. The summed E-state index contributed by atoms with van der Waals surface area (Å²) in [6, 6.07) is 2.19. The van der Waals surface area contributed by atoms with Crippen LogP contribution in [0.5, 0.6) is 5.95 Å². The van der Waals surface area contributed by atoms with Crippen LogP contribution in [0.3, 0.4) is 0 Å². The number of carbonyl (C=O) groups is 4. The molecule has 3 N–H and O–H groups in total. The smallest absolute Gasteiger partial charge is 0.330 e. The Morgan fingerprint density at radius 1 is 1.11 bits per heavy atom. The Morgan fingerprint density at radius 3 is 2.50 bits per heavy atom. The van der Waals surface area contributed by atoms with E-state index in [9.17, 15) is 24.0 Å². The summed E-state index contributed by atoms with van der Waals surface area (Å²) in [7, 11) is 2.60. The van der Waals surface area contributed by atoms with Gasteiger partial charge in [-0.1, -0.05) is 6.08 Å². The van der Waals surface area contributed by atoms with E-state index in [-0.39, 0.29) is 55.3 Å². The molecule has 13 heteroatoms. The monoisotopic (exact) mass is 609 g/mol. The van der Waals surface area contributed by atoms with Crippen molar-refractivity contribution in [3.05, 3.63) is 52.9 Å². The molecule has 6 rings (SSSR count). The maximum absolute atomic E-state index is 13.3. The van der Waals surface area contributed by atoms with Gasteiger partial charge in [-0.3, -0.25) is 19.2 Å². The van der Waals surface area contributed by atoms with Crippen molar-refractivity contribution in [3.63, 3.8) is 0 Å². The molecule has 4 fully saturated rings. The summed E-state index contributed by atoms with van der Waals surface area (Å²) in [5, 5.41) is 8.41. The van der Waals surface area contributed by atoms with Crippen LogP contribution in [-0.2, 0) is 25.7 Å². The Bertz CT molecular complexity index is 1430. The summed E-state index contributed by atoms with van der Waals surface area (Å²) in [6.45, 7) is 0.159. The molecule has 2 heterocycles. The maximum Gasteiger partial charge on any atom is 0.330 e. The topological polar surface area (TPSA) is 171 Å². The highest BCUT2D eigenvalue weighted by atomic mass is 16.6. The van der Waals surface area contributed by atoms with Crippen molar-refractivity contribution in [1.82, 2.24) is 20.2 Å². The quantitative estimate of drug-likeness (QED) is 0.228. The third kappa shape index (κ3) is 7.37. The van der Waals surface area contributed by atoms with E-state index >= 15 is 0 Å². The van der Waals surface area contributed by atoms with Crippen molar-refractivity contribution in [2.75, 3.05) is 19.5 Å². The van der Waals surface area contributed by atoms with Crippen molar-refractivity contribution < 1.29 is 33.1 Å².